The van der Waals surface area contributed by atoms with Crippen molar-refractivity contribution in [1.82, 2.24) is 93.0 Å². The second-order valence-corrected chi connectivity index (χ2v) is 34.4. The Morgan fingerprint density at radius 3 is 1.63 bits per heavy atom. The van der Waals surface area contributed by atoms with Gasteiger partial charge in [0, 0.05) is 106 Å². The number of thioether (sulfide) groups is 1. The van der Waals surface area contributed by atoms with Gasteiger partial charge in [0.1, 0.15) is 96.4 Å². The van der Waals surface area contributed by atoms with Gasteiger partial charge in [0.15, 0.2) is 5.96 Å². The topological polar surface area (TPSA) is 673 Å². The van der Waals surface area contributed by atoms with Gasteiger partial charge in [-0.1, -0.05) is 82.1 Å². The molecule has 16 atom stereocenters. The molecule has 1 unspecified atom stereocenters. The van der Waals surface area contributed by atoms with Crippen molar-refractivity contribution in [3.05, 3.63) is 102 Å². The number of H-pyrrole nitrogens is 2. The summed E-state index contributed by atoms with van der Waals surface area (Å²) in [6, 6.07) is -5.14. The normalized spacial score (nSPS) is 25.4. The maximum Gasteiger partial charge on any atom is 0.246 e. The first kappa shape index (κ1) is 103. The highest BCUT2D eigenvalue weighted by Gasteiger charge is 2.47. The number of carbonyl (C=O) groups is 17. The number of primary amides is 2. The molecule has 0 spiro atoms. The zero-order chi connectivity index (χ0) is 96.4. The molecule has 131 heavy (non-hydrogen) atoms. The SMILES string of the molecule is CCCC[C@H]1C(=O)N(C)[C@@H](C)C(=O)N[C@@H](CCCNC(=N)N)C(=O)NC(C(=O)N[C@@H](CO)C(N)=O)CSCC(=O)N[C@@H](Cc2ccc(O)cc2)C(=O)N(C)[C@@H](C)C(=O)N[C@@H](CC(N)=O)C(=O)N2CCC[C@H]2C(=O)N[C@@H](CO)C(=O)N[C@H](CC(C)C)C(=O)N2C[C@H](O)C[C@H]2C(=O)N[C@@H](Cc2c[nH]c3ccccc23)C(=O)N[C@@H](CO)C(=O)N[C@@H](Cc2c[nH]c3ccccc23)C(=O)N1C. The third-order valence-electron chi connectivity index (χ3n) is 23.3. The highest BCUT2D eigenvalue weighted by Crippen LogP contribution is 2.28. The summed E-state index contributed by atoms with van der Waals surface area (Å²) in [5, 5.41) is 90.5. The Morgan fingerprint density at radius 2 is 1.06 bits per heavy atom. The number of benzene rings is 3. The lowest BCUT2D eigenvalue weighted by Crippen LogP contribution is -2.62. The van der Waals surface area contributed by atoms with Gasteiger partial charge in [-0.25, -0.2) is 0 Å². The van der Waals surface area contributed by atoms with Crippen LogP contribution in [0, 0.1) is 11.3 Å². The van der Waals surface area contributed by atoms with Crippen LogP contribution in [0.4, 0.5) is 0 Å². The molecule has 44 nitrogen and oxygen atoms in total. The fourth-order valence-electron chi connectivity index (χ4n) is 15.7. The van der Waals surface area contributed by atoms with Gasteiger partial charge in [0.05, 0.1) is 38.1 Å². The standard InChI is InChI=1S/C86H122N22O22S/c1-9-10-22-67-85(130)105(7)46(5)72(117)95-56(21-15-28-91-86(89)90)74(119)103-65(78(123)100-62(39-109)71(88)116)42-131-43-70(115)94-59(31-47-24-26-50(112)27-25-47)81(126)104(6)45(4)73(118)97-61(35-69(87)114)83(128)107-29-16-23-66(107)79(124)102-64(41-111)77(122)98-58(30-44(2)3)84(129)108-38-51(113)34-68(108)80(125)96-57(32-48-36-92-54-19-13-11-17-52(48)54)75(120)101-63(40-110)76(121)99-60(82(127)106(67)8)33-49-37-93-55-20-14-12-18-53(49)55/h11-14,17-20,24-27,36-37,44-46,51,56-68,92-93,109-113H,9-10,15-16,21-23,28-35,38-43H2,1-8H3,(H2,87,114)(H2,88,116)(H,94,115)(H,95,117)(H,96,125)(H,97,118)(H,98,122)(H,99,121)(H,100,123)(H,101,120)(H,102,124)(H,103,119)(H4,89,90,91)/t45-,46-,51+,56-,57-,58+,59-,60-,61-,62-,63-,64-,65?,66-,67-,68-/m0/s1. The number of nitrogens with two attached hydrogens (primary N) is 3. The number of fused-ring (bicyclic) bond motifs is 4. The van der Waals surface area contributed by atoms with E-state index in [0.717, 1.165) is 24.5 Å². The number of likely N-dealkylation sites (N-methyl/N-ethyl adjacent to an activating group) is 3. The monoisotopic (exact) mass is 1850 g/mol. The van der Waals surface area contributed by atoms with Crippen LogP contribution >= 0.6 is 11.8 Å². The van der Waals surface area contributed by atoms with E-state index in [-0.39, 0.29) is 76.6 Å². The summed E-state index contributed by atoms with van der Waals surface area (Å²) < 4.78 is 0. The number of aliphatic hydroxyl groups is 4. The molecule has 25 N–H and O–H groups in total. The molecule has 714 valence electrons. The van der Waals surface area contributed by atoms with Gasteiger partial charge >= 0.3 is 0 Å². The molecule has 8 rings (SSSR count). The predicted molar refractivity (Wildman–Crippen MR) is 477 cm³/mol. The Hall–Kier alpha value is -13.0. The lowest BCUT2D eigenvalue weighted by Gasteiger charge is -2.35. The number of nitrogens with one attached hydrogen (secondary N) is 14. The third kappa shape index (κ3) is 28.3. The van der Waals surface area contributed by atoms with E-state index in [9.17, 15) is 78.3 Å². The van der Waals surface area contributed by atoms with Crippen LogP contribution in [0.3, 0.4) is 0 Å². The maximum absolute atomic E-state index is 15.6. The lowest BCUT2D eigenvalue weighted by molar-refractivity contribution is -0.149. The number of aromatic nitrogens is 2. The van der Waals surface area contributed by atoms with Gasteiger partial charge in [-0.15, -0.1) is 11.8 Å². The number of para-hydroxylation sites is 2. The average molecular weight is 1850 g/mol. The van der Waals surface area contributed by atoms with E-state index in [0.29, 0.717) is 63.1 Å². The van der Waals surface area contributed by atoms with Crippen molar-refractivity contribution in [1.29, 1.82) is 5.41 Å². The van der Waals surface area contributed by atoms with E-state index in [1.54, 1.807) is 74.8 Å². The van der Waals surface area contributed by atoms with E-state index in [1.165, 1.54) is 59.3 Å². The van der Waals surface area contributed by atoms with Crippen LogP contribution in [-0.2, 0) is 101 Å². The molecule has 3 fully saturated rings. The number of nitrogens with zero attached hydrogens (tertiary/aromatic N) is 5. The first-order chi connectivity index (χ1) is 62.2. The zero-order valence-electron chi connectivity index (χ0n) is 74.3. The molecular weight excluding hydrogens is 1730 g/mol. The molecule has 5 aromatic rings. The van der Waals surface area contributed by atoms with E-state index in [4.69, 9.17) is 22.6 Å². The van der Waals surface area contributed by atoms with Crippen molar-refractivity contribution in [3.8, 4) is 5.75 Å². The Labute approximate surface area is 759 Å². The molecule has 0 bridgehead atoms. The van der Waals surface area contributed by atoms with Crippen LogP contribution in [0.25, 0.3) is 21.8 Å². The summed E-state index contributed by atoms with van der Waals surface area (Å²) in [6.07, 6.45) is -0.0165. The summed E-state index contributed by atoms with van der Waals surface area (Å²) in [7, 11) is 3.74. The second kappa shape index (κ2) is 48.6. The molecule has 17 amide bonds. The van der Waals surface area contributed by atoms with Gasteiger partial charge < -0.3 is 136 Å². The Morgan fingerprint density at radius 1 is 0.557 bits per heavy atom. The van der Waals surface area contributed by atoms with Crippen LogP contribution in [0.5, 0.6) is 5.75 Å². The van der Waals surface area contributed by atoms with Gasteiger partial charge in [-0.2, -0.15) is 0 Å². The number of unbranched alkanes of at least 4 members (excludes halogenated alkanes) is 1. The average Bonchev–Trinajstić information content (AvgIpc) is 1.19. The van der Waals surface area contributed by atoms with E-state index in [2.05, 4.69) is 68.5 Å². The number of phenols is 1. The lowest BCUT2D eigenvalue weighted by atomic mass is 10.0. The minimum Gasteiger partial charge on any atom is -0.508 e. The summed E-state index contributed by atoms with van der Waals surface area (Å²) in [6.45, 7) is 3.82. The molecule has 45 heteroatoms. The van der Waals surface area contributed by atoms with Crippen LogP contribution in [0.1, 0.15) is 116 Å². The first-order valence-corrected chi connectivity index (χ1v) is 44.4. The fourth-order valence-corrected chi connectivity index (χ4v) is 16.5. The minimum absolute atomic E-state index is 0.00952. The largest absolute Gasteiger partial charge is 0.508 e. The van der Waals surface area contributed by atoms with E-state index in [1.807, 2.05) is 6.92 Å². The van der Waals surface area contributed by atoms with E-state index < -0.39 is 260 Å². The van der Waals surface area contributed by atoms with Crippen molar-refractivity contribution in [2.75, 3.05) is 72.1 Å². The number of rotatable bonds is 23. The number of aliphatic hydroxyl groups excluding tert-OH is 4. The number of aromatic amines is 2. The minimum atomic E-state index is -1.91. The van der Waals surface area contributed by atoms with Crippen molar-refractivity contribution >= 4 is 140 Å². The van der Waals surface area contributed by atoms with Crippen LogP contribution < -0.4 is 75.7 Å². The first-order valence-electron chi connectivity index (χ1n) is 43.2. The van der Waals surface area contributed by atoms with Crippen LogP contribution in [0.2, 0.25) is 0 Å². The smallest absolute Gasteiger partial charge is 0.246 e. The molecule has 3 saturated heterocycles. The number of aromatic hydroxyl groups is 1. The summed E-state index contributed by atoms with van der Waals surface area (Å²) >= 11 is 0.690. The maximum atomic E-state index is 15.6. The Kier molecular flexibility index (Phi) is 38.3. The number of hydrogen-bond donors (Lipinski definition) is 22. The number of carbonyl (C=O) groups excluding carboxylic acids is 17. The summed E-state index contributed by atoms with van der Waals surface area (Å²) in [5.74, 6) is -19.6. The van der Waals surface area contributed by atoms with Crippen molar-refractivity contribution in [2.24, 2.45) is 23.1 Å². The van der Waals surface area contributed by atoms with Gasteiger partial charge in [-0.3, -0.25) is 86.9 Å². The van der Waals surface area contributed by atoms with Crippen LogP contribution in [0.15, 0.2) is 85.2 Å². The molecule has 3 aliphatic rings. The van der Waals surface area contributed by atoms with Crippen LogP contribution in [-0.4, -0.2) is 335 Å². The highest BCUT2D eigenvalue weighted by atomic mass is 32.2. The van der Waals surface area contributed by atoms with Gasteiger partial charge in [-0.05, 0) is 99.2 Å². The predicted octanol–water partition coefficient (Wildman–Crippen LogP) is -5.71. The molecule has 3 aromatic carbocycles. The zero-order valence-corrected chi connectivity index (χ0v) is 75.1. The van der Waals surface area contributed by atoms with Gasteiger partial charge in [0.2, 0.25) is 100 Å². The quantitative estimate of drug-likeness (QED) is 0.0165. The number of amides is 17. The highest BCUT2D eigenvalue weighted by molar-refractivity contribution is 8.00. The fraction of sp³-hybridized carbons (Fsp3) is 0.535. The molecule has 0 saturated carbocycles. The molecule has 5 heterocycles. The van der Waals surface area contributed by atoms with Gasteiger partial charge in [0.25, 0.3) is 0 Å². The van der Waals surface area contributed by atoms with E-state index >= 15 is 28.8 Å². The number of hydrogen-bond acceptors (Lipinski definition) is 24. The third-order valence-corrected chi connectivity index (χ3v) is 24.3. The van der Waals surface area contributed by atoms with Crippen molar-refractivity contribution < 1.29 is 107 Å². The second-order valence-electron chi connectivity index (χ2n) is 33.4. The summed E-state index contributed by atoms with van der Waals surface area (Å²) in [4.78, 5) is 259. The van der Waals surface area contributed by atoms with Crippen molar-refractivity contribution in [2.45, 2.75) is 215 Å². The number of phenolic OH excluding ortho intramolecular Hbond substituents is 1. The molecule has 2 aromatic heterocycles. The molecule has 3 aliphatic heterocycles. The summed E-state index contributed by atoms with van der Waals surface area (Å²) in [5.41, 5.74) is 19.3. The van der Waals surface area contributed by atoms with Crippen molar-refractivity contribution in [3.63, 3.8) is 0 Å². The number of guanidine groups is 1. The molecular formula is C86H122N22O22S. The molecule has 0 radical (unpaired) electrons. The molecule has 0 aliphatic carbocycles. The Balaban J connectivity index is 1.18. The Bertz CT molecular complexity index is 4960.